The fourth-order valence-corrected chi connectivity index (χ4v) is 7.11. The molecule has 3 N–H and O–H groups in total. The van der Waals surface area contributed by atoms with Crippen molar-refractivity contribution in [2.24, 2.45) is 0 Å². The van der Waals surface area contributed by atoms with Crippen LogP contribution in [-0.2, 0) is 45.0 Å². The zero-order chi connectivity index (χ0) is 35.8. The van der Waals surface area contributed by atoms with Gasteiger partial charge in [0.15, 0.2) is 23.9 Å². The molecule has 1 fully saturated rings. The van der Waals surface area contributed by atoms with Gasteiger partial charge >= 0.3 is 5.97 Å². The van der Waals surface area contributed by atoms with Crippen LogP contribution in [0.1, 0.15) is 42.2 Å². The van der Waals surface area contributed by atoms with Gasteiger partial charge in [0.05, 0.1) is 11.5 Å². The number of nitrogens with one attached hydrogen (secondary N) is 1. The van der Waals surface area contributed by atoms with Gasteiger partial charge in [-0.25, -0.2) is 13.2 Å². The summed E-state index contributed by atoms with van der Waals surface area (Å²) < 4.78 is 51.6. The molecule has 1 saturated heterocycles. The van der Waals surface area contributed by atoms with Gasteiger partial charge in [-0.1, -0.05) is 109 Å². The molecule has 12 heteroatoms. The van der Waals surface area contributed by atoms with E-state index in [1.807, 2.05) is 66.7 Å². The van der Waals surface area contributed by atoms with E-state index in [0.717, 1.165) is 5.56 Å². The molecule has 2 unspecified atom stereocenters. The minimum Gasteiger partial charge on any atom is -0.451 e. The summed E-state index contributed by atoms with van der Waals surface area (Å²) in [7, 11) is -4.48. The van der Waals surface area contributed by atoms with Crippen molar-refractivity contribution in [2.45, 2.75) is 80.6 Å². The van der Waals surface area contributed by atoms with E-state index in [0.29, 0.717) is 16.7 Å². The third-order valence-corrected chi connectivity index (χ3v) is 10.2. The summed E-state index contributed by atoms with van der Waals surface area (Å²) >= 11 is 0. The number of aliphatic hydroxyl groups excluding tert-OH is 2. The summed E-state index contributed by atoms with van der Waals surface area (Å²) in [6, 6.07) is 31.8. The molecular weight excluding hydrogens is 662 g/mol. The molecule has 1 aliphatic heterocycles. The van der Waals surface area contributed by atoms with Crippen molar-refractivity contribution in [3.8, 4) is 0 Å². The van der Waals surface area contributed by atoms with E-state index >= 15 is 0 Å². The van der Waals surface area contributed by atoms with Gasteiger partial charge in [0, 0.05) is 6.92 Å². The predicted octanol–water partition coefficient (Wildman–Crippen LogP) is 4.00. The van der Waals surface area contributed by atoms with Crippen LogP contribution in [0.3, 0.4) is 0 Å². The molecule has 264 valence electrons. The fraction of sp³-hybridized carbons (Fsp3) is 0.316. The zero-order valence-electron chi connectivity index (χ0n) is 27.9. The molecule has 1 aliphatic rings. The Kier molecular flexibility index (Phi) is 12.2. The molecule has 5 rings (SSSR count). The van der Waals surface area contributed by atoms with Crippen LogP contribution < -0.4 is 5.32 Å². The number of carbonyl (C=O) groups is 2. The SMILES string of the molecule is CC(=O)N[C@@H]1[C@@H](OC(C)C(=O)OC(c2ccccc2)c2ccccc2)[C@H](OCc2ccccc2)[C@@H](C(O)S(=O)(=O)c2ccc(C)cc2)O[C@H]1O. The first-order valence-corrected chi connectivity index (χ1v) is 17.7. The van der Waals surface area contributed by atoms with E-state index in [9.17, 15) is 28.2 Å². The quantitative estimate of drug-likeness (QED) is 0.174. The van der Waals surface area contributed by atoms with Crippen LogP contribution in [0.4, 0.5) is 0 Å². The number of aryl methyl sites for hydroxylation is 1. The molecule has 1 heterocycles. The summed E-state index contributed by atoms with van der Waals surface area (Å²) in [6.45, 7) is 4.35. The van der Waals surface area contributed by atoms with Crippen LogP contribution in [0, 0.1) is 6.92 Å². The second-order valence-corrected chi connectivity index (χ2v) is 14.2. The third kappa shape index (κ3) is 8.83. The van der Waals surface area contributed by atoms with Crippen molar-refractivity contribution >= 4 is 21.7 Å². The first kappa shape index (κ1) is 36.8. The molecule has 0 saturated carbocycles. The molecule has 7 atom stereocenters. The molecule has 0 bridgehead atoms. The third-order valence-electron chi connectivity index (χ3n) is 8.34. The minimum absolute atomic E-state index is 0.0890. The maximum absolute atomic E-state index is 13.7. The molecule has 0 radical (unpaired) electrons. The summed E-state index contributed by atoms with van der Waals surface area (Å²) in [5.41, 5.74) is 0.689. The highest BCUT2D eigenvalue weighted by molar-refractivity contribution is 7.92. The van der Waals surface area contributed by atoms with Gasteiger partial charge in [-0.15, -0.1) is 0 Å². The number of rotatable bonds is 13. The molecule has 1 amide bonds. The molecule has 0 aliphatic carbocycles. The molecular formula is C38H41NO10S. The Morgan fingerprint density at radius 1 is 0.840 bits per heavy atom. The van der Waals surface area contributed by atoms with Crippen LogP contribution >= 0.6 is 0 Å². The Labute approximate surface area is 291 Å². The number of amides is 1. The number of carbonyl (C=O) groups excluding carboxylic acids is 2. The molecule has 4 aromatic carbocycles. The van der Waals surface area contributed by atoms with Gasteiger partial charge in [-0.3, -0.25) is 4.79 Å². The van der Waals surface area contributed by atoms with E-state index in [1.165, 1.54) is 26.0 Å². The van der Waals surface area contributed by atoms with Crippen molar-refractivity contribution in [3.63, 3.8) is 0 Å². The van der Waals surface area contributed by atoms with Crippen LogP contribution in [0.2, 0.25) is 0 Å². The average molecular weight is 704 g/mol. The molecule has 11 nitrogen and oxygen atoms in total. The van der Waals surface area contributed by atoms with Crippen molar-refractivity contribution in [3.05, 3.63) is 138 Å². The van der Waals surface area contributed by atoms with Gasteiger partial charge < -0.3 is 34.5 Å². The van der Waals surface area contributed by atoms with Gasteiger partial charge in [-0.2, -0.15) is 0 Å². The van der Waals surface area contributed by atoms with E-state index in [-0.39, 0.29) is 11.5 Å². The van der Waals surface area contributed by atoms with E-state index in [1.54, 1.807) is 43.3 Å². The topological polar surface area (TPSA) is 158 Å². The lowest BCUT2D eigenvalue weighted by Crippen LogP contribution is -2.68. The highest BCUT2D eigenvalue weighted by atomic mass is 32.2. The lowest BCUT2D eigenvalue weighted by molar-refractivity contribution is -0.282. The average Bonchev–Trinajstić information content (AvgIpc) is 3.12. The minimum atomic E-state index is -4.48. The lowest BCUT2D eigenvalue weighted by Gasteiger charge is -2.46. The van der Waals surface area contributed by atoms with Crippen molar-refractivity contribution < 1.29 is 47.2 Å². The van der Waals surface area contributed by atoms with Crippen molar-refractivity contribution in [1.29, 1.82) is 0 Å². The number of aliphatic hydroxyl groups is 2. The zero-order valence-corrected chi connectivity index (χ0v) is 28.7. The number of sulfone groups is 1. The Balaban J connectivity index is 1.48. The van der Waals surface area contributed by atoms with Gasteiger partial charge in [0.2, 0.25) is 15.7 Å². The highest BCUT2D eigenvalue weighted by Gasteiger charge is 2.53. The maximum Gasteiger partial charge on any atom is 0.335 e. The van der Waals surface area contributed by atoms with Crippen LogP contribution in [0.5, 0.6) is 0 Å². The summed E-state index contributed by atoms with van der Waals surface area (Å²) in [5.74, 6) is -1.35. The summed E-state index contributed by atoms with van der Waals surface area (Å²) in [6.07, 6.45) is -8.54. The first-order chi connectivity index (χ1) is 24.0. The number of ether oxygens (including phenoxy) is 4. The van der Waals surface area contributed by atoms with Crippen molar-refractivity contribution in [2.75, 3.05) is 0 Å². The smallest absolute Gasteiger partial charge is 0.335 e. The summed E-state index contributed by atoms with van der Waals surface area (Å²) in [4.78, 5) is 25.9. The maximum atomic E-state index is 13.7. The van der Waals surface area contributed by atoms with Crippen LogP contribution in [0.25, 0.3) is 0 Å². The predicted molar refractivity (Wildman–Crippen MR) is 183 cm³/mol. The van der Waals surface area contributed by atoms with Gasteiger partial charge in [-0.05, 0) is 42.7 Å². The van der Waals surface area contributed by atoms with Crippen molar-refractivity contribution in [1.82, 2.24) is 5.32 Å². The number of hydrogen-bond acceptors (Lipinski definition) is 10. The lowest BCUT2D eigenvalue weighted by atomic mass is 9.95. The van der Waals surface area contributed by atoms with Gasteiger partial charge in [0.1, 0.15) is 24.4 Å². The van der Waals surface area contributed by atoms with Crippen LogP contribution in [0.15, 0.2) is 120 Å². The molecule has 0 spiro atoms. The number of benzene rings is 4. The Hall–Kier alpha value is -4.43. The first-order valence-electron chi connectivity index (χ1n) is 16.2. The van der Waals surface area contributed by atoms with E-state index < -0.39 is 70.0 Å². The van der Waals surface area contributed by atoms with Gasteiger partial charge in [0.25, 0.3) is 0 Å². The fourth-order valence-electron chi connectivity index (χ4n) is 5.74. The standard InChI is InChI=1S/C38H41NO10S/c1-24-19-21-30(22-20-24)50(44,45)38(43)35-34(46-23-27-13-7-4-8-14-27)33(31(37(42)49-35)39-26(3)40)47-25(2)36(41)48-32(28-15-9-5-10-16-28)29-17-11-6-12-18-29/h4-22,25,31-35,37-38,42-43H,23H2,1-3H3,(H,39,40)/t25?,31-,33-,34+,35+,37-,38?/m1/s1. The normalized spacial score (nSPS) is 22.0. The molecule has 50 heavy (non-hydrogen) atoms. The second-order valence-electron chi connectivity index (χ2n) is 12.1. The molecule has 0 aromatic heterocycles. The highest BCUT2D eigenvalue weighted by Crippen LogP contribution is 2.33. The van der Waals surface area contributed by atoms with E-state index in [4.69, 9.17) is 18.9 Å². The van der Waals surface area contributed by atoms with Crippen LogP contribution in [-0.4, -0.2) is 72.7 Å². The van der Waals surface area contributed by atoms with E-state index in [2.05, 4.69) is 5.32 Å². The summed E-state index contributed by atoms with van der Waals surface area (Å²) in [5, 5.41) is 25.2. The number of esters is 1. The monoisotopic (exact) mass is 703 g/mol. The second kappa shape index (κ2) is 16.5. The Morgan fingerprint density at radius 2 is 1.38 bits per heavy atom. The largest absolute Gasteiger partial charge is 0.451 e. The Morgan fingerprint density at radius 3 is 1.92 bits per heavy atom. The Bertz CT molecular complexity index is 1770. The number of hydrogen-bond donors (Lipinski definition) is 3. The molecule has 4 aromatic rings.